The van der Waals surface area contributed by atoms with Crippen LogP contribution in [0.3, 0.4) is 0 Å². The number of nitriles is 1. The molecule has 3 aromatic rings. The fraction of sp³-hybridized carbons (Fsp3) is 0.553. The molecule has 1 aliphatic heterocycles. The quantitative estimate of drug-likeness (QED) is 0.0925. The molecule has 3 aliphatic rings. The second kappa shape index (κ2) is 18.5. The zero-order valence-electron chi connectivity index (χ0n) is 31.3. The Balaban J connectivity index is 1.33. The first-order chi connectivity index (χ1) is 27.4. The summed E-state index contributed by atoms with van der Waals surface area (Å²) in [5.41, 5.74) is 4.69. The zero-order chi connectivity index (χ0) is 40.6. The van der Waals surface area contributed by atoms with Gasteiger partial charge in [-0.25, -0.2) is 14.1 Å². The maximum absolute atomic E-state index is 14.9. The van der Waals surface area contributed by atoms with Crippen molar-refractivity contribution in [2.45, 2.75) is 113 Å². The molecular weight excluding hydrogens is 763 g/mol. The summed E-state index contributed by atoms with van der Waals surface area (Å²) in [6.45, 7) is -0.592. The molecule has 19 heteroatoms. The molecule has 1 aromatic carbocycles. The lowest BCUT2D eigenvalue weighted by atomic mass is 9.74. The molecule has 1 saturated heterocycles. The molecule has 6 atom stereocenters. The van der Waals surface area contributed by atoms with Gasteiger partial charge in [0.15, 0.2) is 11.4 Å². The van der Waals surface area contributed by atoms with Crippen LogP contribution in [0.1, 0.15) is 89.2 Å². The molecule has 18 nitrogen and oxygen atoms in total. The van der Waals surface area contributed by atoms with Gasteiger partial charge in [-0.3, -0.25) is 23.7 Å². The predicted molar refractivity (Wildman–Crippen MR) is 199 cm³/mol. The molecular formula is C38H47N6O12P. The standard InChI is InChI=1S/C38H47N6O12P/c39-22-38(32-17-16-30-36(40)41-23-42-44(30)32)28(15-19-34(47)48)27(14-18-33(45)46)31(55-38)21-52-57(51,56-26-12-2-1-3-13-26)43-29(37(50)54-25-10-6-7-11-25)20-35(49)53-24-8-4-5-9-24/h1-3,12-13,16-17,23-25,27-29,31H,4-11,14-15,18-21H2,(H,43,51)(H,45,46)(H,47,48)(H2,40,41,42)/t27-,28-,29+,31+,38-,57?/m1/s1. The van der Waals surface area contributed by atoms with Crippen LogP contribution in [0.5, 0.6) is 5.75 Å². The van der Waals surface area contributed by atoms with Crippen molar-refractivity contribution in [3.63, 3.8) is 0 Å². The van der Waals surface area contributed by atoms with Gasteiger partial charge in [0.1, 0.15) is 41.9 Å². The van der Waals surface area contributed by atoms with Crippen LogP contribution in [-0.4, -0.2) is 79.6 Å². The maximum atomic E-state index is 14.9. The smallest absolute Gasteiger partial charge is 0.459 e. The third kappa shape index (κ3) is 10.1. The minimum atomic E-state index is -4.69. The van der Waals surface area contributed by atoms with E-state index in [4.69, 9.17) is 29.0 Å². The first kappa shape index (κ1) is 41.6. The molecule has 0 spiro atoms. The lowest BCUT2D eigenvalue weighted by Crippen LogP contribution is -2.41. The van der Waals surface area contributed by atoms with E-state index < -0.39 is 86.8 Å². The molecule has 5 N–H and O–H groups in total. The van der Waals surface area contributed by atoms with Crippen LogP contribution in [0.25, 0.3) is 5.52 Å². The van der Waals surface area contributed by atoms with Crippen molar-refractivity contribution in [3.8, 4) is 11.8 Å². The highest BCUT2D eigenvalue weighted by atomic mass is 31.2. The predicted octanol–water partition coefficient (Wildman–Crippen LogP) is 4.91. The number of nitrogens with zero attached hydrogens (tertiary/aromatic N) is 4. The lowest BCUT2D eigenvalue weighted by molar-refractivity contribution is -0.157. The Kier molecular flexibility index (Phi) is 13.5. The number of carbonyl (C=O) groups excluding carboxylic acids is 2. The van der Waals surface area contributed by atoms with Crippen molar-refractivity contribution in [2.24, 2.45) is 11.8 Å². The monoisotopic (exact) mass is 810 g/mol. The number of benzene rings is 1. The summed E-state index contributed by atoms with van der Waals surface area (Å²) in [7, 11) is -4.69. The fourth-order valence-electron chi connectivity index (χ4n) is 8.07. The summed E-state index contributed by atoms with van der Waals surface area (Å²) in [5.74, 6) is -5.46. The van der Waals surface area contributed by atoms with E-state index in [1.165, 1.54) is 23.0 Å². The van der Waals surface area contributed by atoms with Gasteiger partial charge in [0, 0.05) is 18.8 Å². The topological polar surface area (TPSA) is 264 Å². The molecule has 57 heavy (non-hydrogen) atoms. The number of hydrogen-bond acceptors (Lipinski definition) is 14. The Morgan fingerprint density at radius 1 is 0.982 bits per heavy atom. The Morgan fingerprint density at radius 3 is 2.28 bits per heavy atom. The van der Waals surface area contributed by atoms with E-state index >= 15 is 0 Å². The average molecular weight is 811 g/mol. The lowest BCUT2D eigenvalue weighted by Gasteiger charge is -2.29. The first-order valence-corrected chi connectivity index (χ1v) is 20.7. The number of anilines is 1. The molecule has 2 aromatic heterocycles. The minimum Gasteiger partial charge on any atom is -0.481 e. The Bertz CT molecular complexity index is 2000. The number of rotatable bonds is 19. The summed E-state index contributed by atoms with van der Waals surface area (Å²) in [6, 6.07) is 11.8. The number of carbonyl (C=O) groups is 4. The third-order valence-corrected chi connectivity index (χ3v) is 12.3. The van der Waals surface area contributed by atoms with E-state index in [1.807, 2.05) is 0 Å². The van der Waals surface area contributed by atoms with E-state index in [2.05, 4.69) is 21.2 Å². The van der Waals surface area contributed by atoms with E-state index in [1.54, 1.807) is 30.3 Å². The number of nitrogen functional groups attached to an aromatic ring is 1. The molecule has 3 fully saturated rings. The Hall–Kier alpha value is -5.08. The van der Waals surface area contributed by atoms with Gasteiger partial charge in [0.25, 0.3) is 0 Å². The van der Waals surface area contributed by atoms with Crippen LogP contribution in [0, 0.1) is 23.2 Å². The van der Waals surface area contributed by atoms with Crippen molar-refractivity contribution < 1.29 is 57.2 Å². The number of nitrogens with two attached hydrogens (primary N) is 1. The number of carboxylic acids is 2. The van der Waals surface area contributed by atoms with Gasteiger partial charge in [-0.2, -0.15) is 15.4 Å². The van der Waals surface area contributed by atoms with Crippen LogP contribution >= 0.6 is 7.75 Å². The van der Waals surface area contributed by atoms with E-state index in [0.717, 1.165) is 25.7 Å². The Labute approximate surface area is 328 Å². The summed E-state index contributed by atoms with van der Waals surface area (Å²) in [6.07, 6.45) is 3.96. The molecule has 2 aliphatic carbocycles. The van der Waals surface area contributed by atoms with Crippen LogP contribution in [-0.2, 0) is 48.1 Å². The highest BCUT2D eigenvalue weighted by Crippen LogP contribution is 2.53. The number of carboxylic acid groups (broad SMARTS) is 2. The summed E-state index contributed by atoms with van der Waals surface area (Å²) >= 11 is 0. The number of nitrogens with one attached hydrogen (secondary N) is 1. The summed E-state index contributed by atoms with van der Waals surface area (Å²) in [4.78, 5) is 54.7. The summed E-state index contributed by atoms with van der Waals surface area (Å²) in [5, 5.41) is 37.3. The molecule has 306 valence electrons. The largest absolute Gasteiger partial charge is 0.481 e. The van der Waals surface area contributed by atoms with Crippen molar-refractivity contribution in [3.05, 3.63) is 54.5 Å². The molecule has 2 saturated carbocycles. The van der Waals surface area contributed by atoms with Gasteiger partial charge in [-0.15, -0.1) is 0 Å². The van der Waals surface area contributed by atoms with E-state index in [9.17, 15) is 39.2 Å². The number of aromatic nitrogens is 3. The Morgan fingerprint density at radius 2 is 1.63 bits per heavy atom. The number of para-hydroxylation sites is 1. The molecule has 0 radical (unpaired) electrons. The van der Waals surface area contributed by atoms with Crippen LogP contribution in [0.4, 0.5) is 5.82 Å². The van der Waals surface area contributed by atoms with Gasteiger partial charge in [0.2, 0.25) is 0 Å². The molecule has 1 unspecified atom stereocenters. The highest BCUT2D eigenvalue weighted by molar-refractivity contribution is 7.52. The van der Waals surface area contributed by atoms with Gasteiger partial charge in [-0.05, 0) is 94.4 Å². The minimum absolute atomic E-state index is 0.0852. The third-order valence-electron chi connectivity index (χ3n) is 10.8. The molecule has 6 rings (SSSR count). The highest BCUT2D eigenvalue weighted by Gasteiger charge is 2.58. The molecule has 0 amide bonds. The van der Waals surface area contributed by atoms with Gasteiger partial charge in [0.05, 0.1) is 24.8 Å². The van der Waals surface area contributed by atoms with Crippen molar-refractivity contribution >= 4 is 43.0 Å². The SMILES string of the molecule is N#C[C@@]1(c2ccc3c(N)ncnn23)O[C@@H](COP(=O)(N[C@@H](CC(=O)OC2CCCC2)C(=O)OC2CCCC2)Oc2ccccc2)[C@H](CCC(=O)O)[C@H]1CCC(=O)O. The second-order valence-corrected chi connectivity index (χ2v) is 16.3. The van der Waals surface area contributed by atoms with Crippen molar-refractivity contribution in [1.29, 1.82) is 5.26 Å². The number of ether oxygens (including phenoxy) is 3. The van der Waals surface area contributed by atoms with Crippen LogP contribution in [0.2, 0.25) is 0 Å². The van der Waals surface area contributed by atoms with E-state index in [0.29, 0.717) is 31.2 Å². The number of hydrogen-bond donors (Lipinski definition) is 4. The van der Waals surface area contributed by atoms with Gasteiger partial charge < -0.3 is 34.7 Å². The summed E-state index contributed by atoms with van der Waals surface area (Å²) < 4.78 is 46.2. The number of aliphatic carboxylic acids is 2. The molecule has 3 heterocycles. The van der Waals surface area contributed by atoms with Gasteiger partial charge >= 0.3 is 31.6 Å². The first-order valence-electron chi connectivity index (χ1n) is 19.2. The van der Waals surface area contributed by atoms with Crippen molar-refractivity contribution in [1.82, 2.24) is 19.7 Å². The number of esters is 2. The van der Waals surface area contributed by atoms with Crippen LogP contribution < -0.4 is 15.3 Å². The average Bonchev–Trinajstić information content (AvgIpc) is 4.01. The number of fused-ring (bicyclic) bond motifs is 1. The normalized spacial score (nSPS) is 24.1. The molecule has 0 bridgehead atoms. The van der Waals surface area contributed by atoms with Crippen molar-refractivity contribution in [2.75, 3.05) is 12.3 Å². The van der Waals surface area contributed by atoms with Gasteiger partial charge in [-0.1, -0.05) is 18.2 Å². The van der Waals surface area contributed by atoms with E-state index in [-0.39, 0.29) is 42.6 Å². The second-order valence-electron chi connectivity index (χ2n) is 14.6. The zero-order valence-corrected chi connectivity index (χ0v) is 32.2. The maximum Gasteiger partial charge on any atom is 0.459 e. The fourth-order valence-corrected chi connectivity index (χ4v) is 9.57. The van der Waals surface area contributed by atoms with Crippen LogP contribution in [0.15, 0.2) is 48.8 Å².